The van der Waals surface area contributed by atoms with Crippen LogP contribution in [0.5, 0.6) is 0 Å². The summed E-state index contributed by atoms with van der Waals surface area (Å²) in [4.78, 5) is 17.1. The van der Waals surface area contributed by atoms with Gasteiger partial charge in [-0.3, -0.25) is 9.69 Å². The molecule has 1 aromatic heterocycles. The van der Waals surface area contributed by atoms with E-state index in [9.17, 15) is 4.79 Å². The lowest BCUT2D eigenvalue weighted by Gasteiger charge is -2.18. The highest BCUT2D eigenvalue weighted by atomic mass is 16.5. The van der Waals surface area contributed by atoms with Crippen LogP contribution in [0.2, 0.25) is 0 Å². The molecule has 1 N–H and O–H groups in total. The van der Waals surface area contributed by atoms with Crippen molar-refractivity contribution in [1.82, 2.24) is 15.0 Å². The van der Waals surface area contributed by atoms with Gasteiger partial charge >= 0.3 is 5.97 Å². The Hall–Kier alpha value is -1.43. The van der Waals surface area contributed by atoms with Gasteiger partial charge in [0.15, 0.2) is 5.82 Å². The molecule has 2 rings (SSSR count). The van der Waals surface area contributed by atoms with Crippen molar-refractivity contribution in [1.29, 1.82) is 0 Å². The van der Waals surface area contributed by atoms with Gasteiger partial charge < -0.3 is 9.63 Å². The Bertz CT molecular complexity index is 402. The first-order valence-electron chi connectivity index (χ1n) is 5.87. The molecule has 1 unspecified atom stereocenters. The fourth-order valence-corrected chi connectivity index (χ4v) is 2.04. The van der Waals surface area contributed by atoms with Crippen molar-refractivity contribution in [3.05, 3.63) is 11.7 Å². The van der Waals surface area contributed by atoms with Crippen LogP contribution in [0.3, 0.4) is 0 Å². The van der Waals surface area contributed by atoms with Gasteiger partial charge in [0.05, 0.1) is 6.54 Å². The maximum atomic E-state index is 11.0. The monoisotopic (exact) mass is 239 g/mol. The summed E-state index contributed by atoms with van der Waals surface area (Å²) < 4.78 is 5.12. The van der Waals surface area contributed by atoms with Gasteiger partial charge in [0.2, 0.25) is 5.89 Å². The van der Waals surface area contributed by atoms with Gasteiger partial charge in [-0.1, -0.05) is 19.0 Å². The van der Waals surface area contributed by atoms with Crippen molar-refractivity contribution >= 4 is 5.97 Å². The zero-order valence-corrected chi connectivity index (χ0v) is 10.1. The number of aliphatic carboxylic acids is 1. The van der Waals surface area contributed by atoms with E-state index >= 15 is 0 Å². The molecule has 6 nitrogen and oxygen atoms in total. The summed E-state index contributed by atoms with van der Waals surface area (Å²) >= 11 is 0. The summed E-state index contributed by atoms with van der Waals surface area (Å²) in [5.41, 5.74) is 0. The Balaban J connectivity index is 2.02. The first-order valence-corrected chi connectivity index (χ1v) is 5.87. The van der Waals surface area contributed by atoms with Crippen LogP contribution in [0.1, 0.15) is 44.3 Å². The molecule has 1 saturated heterocycles. The second-order valence-corrected chi connectivity index (χ2v) is 4.67. The summed E-state index contributed by atoms with van der Waals surface area (Å²) in [7, 11) is 0. The molecule has 0 aromatic carbocycles. The average Bonchev–Trinajstić information content (AvgIpc) is 2.86. The Labute approximate surface area is 99.6 Å². The van der Waals surface area contributed by atoms with Crippen molar-refractivity contribution < 1.29 is 14.4 Å². The third kappa shape index (κ3) is 2.63. The van der Waals surface area contributed by atoms with Crippen LogP contribution in [0.15, 0.2) is 4.52 Å². The van der Waals surface area contributed by atoms with E-state index in [1.807, 2.05) is 18.7 Å². The molecular weight excluding hydrogens is 222 g/mol. The standard InChI is InChI=1S/C11H17N3O3/c1-7(2)10-12-9(17-13-10)6-14-5-3-4-8(14)11(15)16/h7-8H,3-6H2,1-2H3,(H,15,16). The second kappa shape index (κ2) is 4.83. The summed E-state index contributed by atoms with van der Waals surface area (Å²) in [5, 5.41) is 12.9. The molecule has 1 aliphatic rings. The lowest BCUT2D eigenvalue weighted by atomic mass is 10.2. The molecule has 6 heteroatoms. The molecule has 1 aliphatic heterocycles. The minimum Gasteiger partial charge on any atom is -0.480 e. The van der Waals surface area contributed by atoms with Crippen LogP contribution in [0.4, 0.5) is 0 Å². The van der Waals surface area contributed by atoms with Gasteiger partial charge in [-0.15, -0.1) is 0 Å². The summed E-state index contributed by atoms with van der Waals surface area (Å²) in [5.74, 6) is 0.625. The van der Waals surface area contributed by atoms with Crippen LogP contribution in [-0.2, 0) is 11.3 Å². The van der Waals surface area contributed by atoms with E-state index in [2.05, 4.69) is 10.1 Å². The van der Waals surface area contributed by atoms with Crippen molar-refractivity contribution in [2.24, 2.45) is 0 Å². The maximum Gasteiger partial charge on any atom is 0.320 e. The topological polar surface area (TPSA) is 79.5 Å². The first-order chi connectivity index (χ1) is 8.08. The summed E-state index contributed by atoms with van der Waals surface area (Å²) in [6.45, 7) is 5.18. The zero-order chi connectivity index (χ0) is 12.4. The first kappa shape index (κ1) is 12.0. The number of carboxylic acid groups (broad SMARTS) is 1. The van der Waals surface area contributed by atoms with Crippen LogP contribution in [0, 0.1) is 0 Å². The predicted octanol–water partition coefficient (Wildman–Crippen LogP) is 1.24. The number of likely N-dealkylation sites (tertiary alicyclic amines) is 1. The quantitative estimate of drug-likeness (QED) is 0.851. The lowest BCUT2D eigenvalue weighted by molar-refractivity contribution is -0.142. The number of aromatic nitrogens is 2. The smallest absolute Gasteiger partial charge is 0.320 e. The predicted molar refractivity (Wildman–Crippen MR) is 59.5 cm³/mol. The Kier molecular flexibility index (Phi) is 3.42. The lowest BCUT2D eigenvalue weighted by Crippen LogP contribution is -2.35. The summed E-state index contributed by atoms with van der Waals surface area (Å²) in [6.07, 6.45) is 1.60. The minimum absolute atomic E-state index is 0.223. The highest BCUT2D eigenvalue weighted by molar-refractivity contribution is 5.73. The Morgan fingerprint density at radius 3 is 3.00 bits per heavy atom. The highest BCUT2D eigenvalue weighted by Crippen LogP contribution is 2.20. The van der Waals surface area contributed by atoms with Crippen LogP contribution in [0.25, 0.3) is 0 Å². The zero-order valence-electron chi connectivity index (χ0n) is 10.1. The van der Waals surface area contributed by atoms with Gasteiger partial charge in [0.1, 0.15) is 6.04 Å². The van der Waals surface area contributed by atoms with Crippen LogP contribution in [-0.4, -0.2) is 38.7 Å². The molecule has 0 saturated carbocycles. The second-order valence-electron chi connectivity index (χ2n) is 4.67. The number of carbonyl (C=O) groups is 1. The highest BCUT2D eigenvalue weighted by Gasteiger charge is 2.31. The van der Waals surface area contributed by atoms with E-state index in [-0.39, 0.29) is 5.92 Å². The fraction of sp³-hybridized carbons (Fsp3) is 0.727. The number of hydrogen-bond acceptors (Lipinski definition) is 5. The van der Waals surface area contributed by atoms with Crippen molar-refractivity contribution in [2.75, 3.05) is 6.54 Å². The molecule has 0 aliphatic carbocycles. The van der Waals surface area contributed by atoms with E-state index in [0.29, 0.717) is 24.7 Å². The largest absolute Gasteiger partial charge is 0.480 e. The molecule has 0 radical (unpaired) electrons. The third-order valence-corrected chi connectivity index (χ3v) is 2.99. The van der Waals surface area contributed by atoms with Crippen molar-refractivity contribution in [2.45, 2.75) is 45.2 Å². The Morgan fingerprint density at radius 1 is 1.65 bits per heavy atom. The van der Waals surface area contributed by atoms with Crippen LogP contribution >= 0.6 is 0 Å². The van der Waals surface area contributed by atoms with E-state index in [0.717, 1.165) is 13.0 Å². The van der Waals surface area contributed by atoms with Crippen LogP contribution < -0.4 is 0 Å². The SMILES string of the molecule is CC(C)c1noc(CN2CCCC2C(=O)O)n1. The normalized spacial score (nSPS) is 21.2. The van der Waals surface area contributed by atoms with Gasteiger partial charge in [0, 0.05) is 5.92 Å². The molecular formula is C11H17N3O3. The maximum absolute atomic E-state index is 11.0. The van der Waals surface area contributed by atoms with Crippen molar-refractivity contribution in [3.63, 3.8) is 0 Å². The van der Waals surface area contributed by atoms with E-state index in [1.54, 1.807) is 0 Å². The molecule has 1 aromatic rings. The molecule has 0 spiro atoms. The molecule has 0 bridgehead atoms. The fourth-order valence-electron chi connectivity index (χ4n) is 2.04. The molecule has 17 heavy (non-hydrogen) atoms. The van der Waals surface area contributed by atoms with E-state index in [4.69, 9.17) is 9.63 Å². The van der Waals surface area contributed by atoms with E-state index < -0.39 is 12.0 Å². The average molecular weight is 239 g/mol. The molecule has 0 amide bonds. The molecule has 1 fully saturated rings. The number of hydrogen-bond donors (Lipinski definition) is 1. The van der Waals surface area contributed by atoms with Gasteiger partial charge in [-0.05, 0) is 19.4 Å². The molecule has 94 valence electrons. The molecule has 2 heterocycles. The third-order valence-electron chi connectivity index (χ3n) is 2.99. The number of nitrogens with zero attached hydrogens (tertiary/aromatic N) is 3. The summed E-state index contributed by atoms with van der Waals surface area (Å²) in [6, 6.07) is -0.413. The molecule has 1 atom stereocenters. The van der Waals surface area contributed by atoms with Crippen molar-refractivity contribution in [3.8, 4) is 0 Å². The minimum atomic E-state index is -0.772. The van der Waals surface area contributed by atoms with Gasteiger partial charge in [-0.2, -0.15) is 4.98 Å². The van der Waals surface area contributed by atoms with E-state index in [1.165, 1.54) is 0 Å². The number of carboxylic acids is 1. The van der Waals surface area contributed by atoms with Gasteiger partial charge in [0.25, 0.3) is 0 Å². The van der Waals surface area contributed by atoms with Gasteiger partial charge in [-0.25, -0.2) is 0 Å². The Morgan fingerprint density at radius 2 is 2.41 bits per heavy atom. The number of rotatable bonds is 4.